The van der Waals surface area contributed by atoms with Crippen molar-refractivity contribution in [3.8, 4) is 0 Å². The van der Waals surface area contributed by atoms with Crippen molar-refractivity contribution < 1.29 is 0 Å². The average Bonchev–Trinajstić information content (AvgIpc) is 2.85. The molecule has 0 saturated heterocycles. The van der Waals surface area contributed by atoms with E-state index in [4.69, 9.17) is 4.99 Å². The number of fused-ring (bicyclic) bond motifs is 4. The van der Waals surface area contributed by atoms with Crippen LogP contribution in [0.2, 0.25) is 0 Å². The first-order valence-electron chi connectivity index (χ1n) is 8.87. The molecule has 5 rings (SSSR count). The molecule has 0 unspecified atom stereocenters. The van der Waals surface area contributed by atoms with E-state index in [0.29, 0.717) is 11.2 Å². The molecule has 122 valence electrons. The Kier molecular flexibility index (Phi) is 3.71. The Bertz CT molecular complexity index is 945. The van der Waals surface area contributed by atoms with E-state index in [1.165, 1.54) is 27.3 Å². The number of para-hydroxylation sites is 1. The molecule has 2 aliphatic rings. The van der Waals surface area contributed by atoms with Gasteiger partial charge in [0.2, 0.25) is 0 Å². The molecule has 25 heavy (non-hydrogen) atoms. The van der Waals surface area contributed by atoms with Crippen LogP contribution in [0.25, 0.3) is 0 Å². The lowest BCUT2D eigenvalue weighted by Crippen LogP contribution is -2.27. The van der Waals surface area contributed by atoms with Crippen molar-refractivity contribution in [1.82, 2.24) is 0 Å². The quantitative estimate of drug-likeness (QED) is 0.512. The van der Waals surface area contributed by atoms with Crippen LogP contribution in [0, 0.1) is 5.92 Å². The average molecular weight is 341 g/mol. The molecule has 0 bridgehead atoms. The molecule has 3 aromatic carbocycles. The SMILES string of the molecule is c1ccc([C@@H]2Sc3ccccc3N=C3c4ccccc4CC[C@@H]32)cc1. The Morgan fingerprint density at radius 2 is 1.56 bits per heavy atom. The number of nitrogens with zero attached hydrogens (tertiary/aromatic N) is 1. The van der Waals surface area contributed by atoms with Crippen LogP contribution in [-0.2, 0) is 6.42 Å². The van der Waals surface area contributed by atoms with Gasteiger partial charge >= 0.3 is 0 Å². The summed E-state index contributed by atoms with van der Waals surface area (Å²) >= 11 is 1.98. The number of aliphatic imine (C=N–C) groups is 1. The van der Waals surface area contributed by atoms with Gasteiger partial charge in [-0.15, -0.1) is 11.8 Å². The summed E-state index contributed by atoms with van der Waals surface area (Å²) in [6.45, 7) is 0. The first kappa shape index (κ1) is 15.0. The minimum Gasteiger partial charge on any atom is -0.251 e. The summed E-state index contributed by atoms with van der Waals surface area (Å²) in [6, 6.07) is 28.3. The van der Waals surface area contributed by atoms with E-state index in [-0.39, 0.29) is 0 Å². The molecule has 1 heterocycles. The lowest BCUT2D eigenvalue weighted by atomic mass is 9.78. The Morgan fingerprint density at radius 1 is 0.800 bits per heavy atom. The number of aryl methyl sites for hydroxylation is 1. The number of hydrogen-bond acceptors (Lipinski definition) is 2. The monoisotopic (exact) mass is 341 g/mol. The van der Waals surface area contributed by atoms with E-state index in [9.17, 15) is 0 Å². The highest BCUT2D eigenvalue weighted by Crippen LogP contribution is 2.50. The molecular formula is C23H19NS. The van der Waals surface area contributed by atoms with Gasteiger partial charge in [-0.3, -0.25) is 4.99 Å². The molecule has 1 aliphatic carbocycles. The maximum Gasteiger partial charge on any atom is 0.0769 e. The fourth-order valence-corrected chi connectivity index (χ4v) is 5.40. The molecule has 1 aliphatic heterocycles. The van der Waals surface area contributed by atoms with Crippen molar-refractivity contribution in [3.05, 3.63) is 95.6 Å². The molecule has 1 nitrogen and oxygen atoms in total. The Hall–Kier alpha value is -2.32. The van der Waals surface area contributed by atoms with Crippen LogP contribution >= 0.6 is 11.8 Å². The number of rotatable bonds is 1. The maximum atomic E-state index is 5.17. The van der Waals surface area contributed by atoms with Gasteiger partial charge in [-0.25, -0.2) is 0 Å². The summed E-state index contributed by atoms with van der Waals surface area (Å²) < 4.78 is 0. The summed E-state index contributed by atoms with van der Waals surface area (Å²) in [7, 11) is 0. The van der Waals surface area contributed by atoms with Gasteiger partial charge in [-0.2, -0.15) is 0 Å². The fourth-order valence-electron chi connectivity index (χ4n) is 4.01. The van der Waals surface area contributed by atoms with Gasteiger partial charge in [0.25, 0.3) is 0 Å². The number of hydrogen-bond donors (Lipinski definition) is 0. The van der Waals surface area contributed by atoms with Gasteiger partial charge in [0.1, 0.15) is 0 Å². The van der Waals surface area contributed by atoms with Gasteiger partial charge in [0, 0.05) is 16.1 Å². The zero-order valence-corrected chi connectivity index (χ0v) is 14.7. The van der Waals surface area contributed by atoms with Crippen molar-refractivity contribution in [2.75, 3.05) is 0 Å². The van der Waals surface area contributed by atoms with E-state index in [2.05, 4.69) is 78.9 Å². The summed E-state index contributed by atoms with van der Waals surface area (Å²) in [6.07, 6.45) is 2.30. The van der Waals surface area contributed by atoms with Crippen LogP contribution in [-0.4, -0.2) is 5.71 Å². The minimum absolute atomic E-state index is 0.414. The second kappa shape index (κ2) is 6.20. The third-order valence-corrected chi connectivity index (χ3v) is 6.68. The summed E-state index contributed by atoms with van der Waals surface area (Å²) in [4.78, 5) is 6.46. The topological polar surface area (TPSA) is 12.4 Å². The first-order valence-corrected chi connectivity index (χ1v) is 9.75. The van der Waals surface area contributed by atoms with Crippen LogP contribution in [0.3, 0.4) is 0 Å². The fraction of sp³-hybridized carbons (Fsp3) is 0.174. The molecule has 3 aromatic rings. The van der Waals surface area contributed by atoms with Crippen molar-refractivity contribution in [1.29, 1.82) is 0 Å². The Morgan fingerprint density at radius 3 is 2.48 bits per heavy atom. The number of benzene rings is 3. The van der Waals surface area contributed by atoms with Crippen molar-refractivity contribution in [2.45, 2.75) is 23.0 Å². The molecule has 0 radical (unpaired) electrons. The largest absolute Gasteiger partial charge is 0.251 e. The zero-order chi connectivity index (χ0) is 16.6. The normalized spacial score (nSPS) is 21.4. The Labute approximate surface area is 152 Å². The summed E-state index contributed by atoms with van der Waals surface area (Å²) in [5, 5.41) is 0.414. The summed E-state index contributed by atoms with van der Waals surface area (Å²) in [5.74, 6) is 0.453. The van der Waals surface area contributed by atoms with Crippen LogP contribution in [0.1, 0.15) is 28.4 Å². The van der Waals surface area contributed by atoms with Gasteiger partial charge in [-0.1, -0.05) is 66.7 Å². The van der Waals surface area contributed by atoms with Crippen LogP contribution in [0.15, 0.2) is 88.8 Å². The zero-order valence-electron chi connectivity index (χ0n) is 13.9. The molecule has 0 spiro atoms. The van der Waals surface area contributed by atoms with Crippen LogP contribution in [0.4, 0.5) is 5.69 Å². The first-order chi connectivity index (χ1) is 12.4. The molecule has 0 amide bonds. The predicted octanol–water partition coefficient (Wildman–Crippen LogP) is 6.22. The third-order valence-electron chi connectivity index (χ3n) is 5.22. The Balaban J connectivity index is 1.72. The molecule has 2 atom stereocenters. The van der Waals surface area contributed by atoms with Crippen molar-refractivity contribution in [2.24, 2.45) is 10.9 Å². The van der Waals surface area contributed by atoms with E-state index >= 15 is 0 Å². The lowest BCUT2D eigenvalue weighted by Gasteiger charge is -2.31. The van der Waals surface area contributed by atoms with Crippen LogP contribution in [0.5, 0.6) is 0 Å². The molecular weight excluding hydrogens is 322 g/mol. The van der Waals surface area contributed by atoms with Gasteiger partial charge in [0.15, 0.2) is 0 Å². The second-order valence-electron chi connectivity index (χ2n) is 6.72. The second-order valence-corrected chi connectivity index (χ2v) is 7.90. The van der Waals surface area contributed by atoms with Gasteiger partial charge in [-0.05, 0) is 41.7 Å². The smallest absolute Gasteiger partial charge is 0.0769 e. The molecule has 0 aromatic heterocycles. The van der Waals surface area contributed by atoms with E-state index in [1.54, 1.807) is 0 Å². The highest BCUT2D eigenvalue weighted by Gasteiger charge is 2.35. The standard InChI is InChI=1S/C23H19NS/c1-2-9-17(10-3-1)23-19-15-14-16-8-4-5-11-18(16)22(19)24-20-12-6-7-13-21(20)25-23/h1-13,19,23H,14-15H2/t19-,23-/m0/s1. The maximum absolute atomic E-state index is 5.17. The highest BCUT2D eigenvalue weighted by atomic mass is 32.2. The van der Waals surface area contributed by atoms with E-state index < -0.39 is 0 Å². The van der Waals surface area contributed by atoms with Gasteiger partial charge in [0.05, 0.1) is 11.4 Å². The third kappa shape index (κ3) is 2.61. The molecule has 0 saturated carbocycles. The highest BCUT2D eigenvalue weighted by molar-refractivity contribution is 7.99. The molecule has 2 heteroatoms. The van der Waals surface area contributed by atoms with Crippen molar-refractivity contribution in [3.63, 3.8) is 0 Å². The van der Waals surface area contributed by atoms with Crippen molar-refractivity contribution >= 4 is 23.2 Å². The van der Waals surface area contributed by atoms with E-state index in [0.717, 1.165) is 18.5 Å². The molecule has 0 N–H and O–H groups in total. The van der Waals surface area contributed by atoms with E-state index in [1.807, 2.05) is 11.8 Å². The van der Waals surface area contributed by atoms with Crippen LogP contribution < -0.4 is 0 Å². The van der Waals surface area contributed by atoms with Gasteiger partial charge < -0.3 is 0 Å². The number of thioether (sulfide) groups is 1. The lowest BCUT2D eigenvalue weighted by molar-refractivity contribution is 0.597. The molecule has 0 fully saturated rings. The summed E-state index contributed by atoms with van der Waals surface area (Å²) in [5.41, 5.74) is 6.57. The predicted molar refractivity (Wildman–Crippen MR) is 106 cm³/mol. The minimum atomic E-state index is 0.414.